The van der Waals surface area contributed by atoms with E-state index in [1.165, 1.54) is 0 Å². The first-order valence-corrected chi connectivity index (χ1v) is 24.9. The number of likely N-dealkylation sites (tertiary alicyclic amines) is 1. The van der Waals surface area contributed by atoms with Crippen LogP contribution in [0.25, 0.3) is 0 Å². The van der Waals surface area contributed by atoms with Gasteiger partial charge in [0.2, 0.25) is 11.8 Å². The molecule has 0 radical (unpaired) electrons. The summed E-state index contributed by atoms with van der Waals surface area (Å²) in [6, 6.07) is 27.1. The fourth-order valence-electron chi connectivity index (χ4n) is 7.30. The van der Waals surface area contributed by atoms with Crippen LogP contribution >= 0.6 is 0 Å². The highest BCUT2D eigenvalue weighted by Crippen LogP contribution is 2.39. The molecule has 3 amide bonds. The molecule has 1 heterocycles. The minimum absolute atomic E-state index is 0.0338. The molecule has 11 heteroatoms. The van der Waals surface area contributed by atoms with Crippen molar-refractivity contribution >= 4 is 26.2 Å². The molecule has 3 aromatic rings. The zero-order chi connectivity index (χ0) is 44.1. The number of alkyl carbamates (subject to hydrolysis) is 1. The van der Waals surface area contributed by atoms with Gasteiger partial charge in [-0.1, -0.05) is 114 Å². The van der Waals surface area contributed by atoms with E-state index in [0.717, 1.165) is 41.7 Å². The Bertz CT molecular complexity index is 1770. The monoisotopic (exact) mass is 843 g/mol. The molecule has 3 N–H and O–H groups in total. The van der Waals surface area contributed by atoms with Crippen LogP contribution in [0.3, 0.4) is 0 Å². The molecule has 0 saturated carbocycles. The molecule has 0 spiro atoms. The van der Waals surface area contributed by atoms with Crippen LogP contribution in [0.5, 0.6) is 5.75 Å². The van der Waals surface area contributed by atoms with Gasteiger partial charge in [-0.2, -0.15) is 0 Å². The molecule has 4 rings (SSSR count). The molecule has 0 bridgehead atoms. The molecule has 10 nitrogen and oxygen atoms in total. The maximum absolute atomic E-state index is 15.0. The lowest BCUT2D eigenvalue weighted by Gasteiger charge is -2.42. The van der Waals surface area contributed by atoms with E-state index in [9.17, 15) is 9.59 Å². The molecule has 1 aliphatic rings. The molecular formula is C49H74N4O6Si. The SMILES string of the molecule is CC[C@H](C)[C@H](NC(=O)[C@@H](Cc1ccc(OCc2ccccc2)cc1)C[C@H](O[Si](C)(C)C(C)(C)C)[C@@H](Cc1ccccc1)NC(=O)OC(C)(C)C)C(=O)N1CCC(NC)CC1. The van der Waals surface area contributed by atoms with Gasteiger partial charge in [0.15, 0.2) is 8.32 Å². The predicted octanol–water partition coefficient (Wildman–Crippen LogP) is 9.08. The van der Waals surface area contributed by atoms with Crippen molar-refractivity contribution in [3.8, 4) is 5.75 Å². The van der Waals surface area contributed by atoms with Crippen LogP contribution in [0.2, 0.25) is 18.1 Å². The molecule has 1 saturated heterocycles. The van der Waals surface area contributed by atoms with Crippen molar-refractivity contribution in [1.82, 2.24) is 20.9 Å². The van der Waals surface area contributed by atoms with Crippen LogP contribution in [0.15, 0.2) is 84.9 Å². The van der Waals surface area contributed by atoms with Crippen molar-refractivity contribution in [2.75, 3.05) is 20.1 Å². The fourth-order valence-corrected chi connectivity index (χ4v) is 8.67. The van der Waals surface area contributed by atoms with E-state index in [1.807, 2.05) is 125 Å². The third-order valence-corrected chi connectivity index (χ3v) is 16.7. The molecular weight excluding hydrogens is 769 g/mol. The zero-order valence-electron chi connectivity index (χ0n) is 38.3. The highest BCUT2D eigenvalue weighted by molar-refractivity contribution is 6.74. The summed E-state index contributed by atoms with van der Waals surface area (Å²) in [4.78, 5) is 44.8. The number of benzene rings is 3. The van der Waals surface area contributed by atoms with Gasteiger partial charge in [0.05, 0.1) is 12.1 Å². The first-order valence-electron chi connectivity index (χ1n) is 22.0. The minimum Gasteiger partial charge on any atom is -0.489 e. The molecule has 5 atom stereocenters. The summed E-state index contributed by atoms with van der Waals surface area (Å²) >= 11 is 0. The Balaban J connectivity index is 1.73. The highest BCUT2D eigenvalue weighted by Gasteiger charge is 2.43. The number of hydrogen-bond acceptors (Lipinski definition) is 7. The molecule has 0 aliphatic carbocycles. The number of hydrogen-bond donors (Lipinski definition) is 3. The lowest BCUT2D eigenvalue weighted by atomic mass is 9.87. The van der Waals surface area contributed by atoms with Gasteiger partial charge in [0, 0.05) is 25.0 Å². The van der Waals surface area contributed by atoms with E-state index in [4.69, 9.17) is 13.9 Å². The summed E-state index contributed by atoms with van der Waals surface area (Å²) in [5, 5.41) is 9.68. The molecule has 330 valence electrons. The van der Waals surface area contributed by atoms with E-state index >= 15 is 4.79 Å². The quantitative estimate of drug-likeness (QED) is 0.103. The summed E-state index contributed by atoms with van der Waals surface area (Å²) in [6.07, 6.45) is 2.53. The fraction of sp³-hybridized carbons (Fsp3) is 0.571. The average Bonchev–Trinajstić information content (AvgIpc) is 3.20. The number of carbonyl (C=O) groups excluding carboxylic acids is 3. The van der Waals surface area contributed by atoms with Crippen LogP contribution in [-0.2, 0) is 38.2 Å². The topological polar surface area (TPSA) is 118 Å². The molecule has 60 heavy (non-hydrogen) atoms. The minimum atomic E-state index is -2.50. The van der Waals surface area contributed by atoms with Crippen LogP contribution in [-0.4, -0.2) is 81.1 Å². The summed E-state index contributed by atoms with van der Waals surface area (Å²) < 4.78 is 19.2. The van der Waals surface area contributed by atoms with Gasteiger partial charge >= 0.3 is 6.09 Å². The Hall–Kier alpha value is -4.19. The third-order valence-electron chi connectivity index (χ3n) is 12.2. The standard InChI is InChI=1S/C49H74N4O6Si/c1-12-35(2)44(46(55)53-29-27-40(50-9)28-30-53)52-45(54)39(31-37-23-25-41(26-24-37)57-34-38-21-17-14-18-22-38)33-43(59-60(10,11)49(6,7)8)42(32-36-19-15-13-16-20-36)51-47(56)58-48(3,4)5/h13-26,35,39-40,42-44,50H,12,27-34H2,1-11H3,(H,51,56)(H,52,54)/t35-,39-,42+,43-,44-/m0/s1. The summed E-state index contributed by atoms with van der Waals surface area (Å²) in [6.45, 7) is 22.4. The molecule has 1 aliphatic heterocycles. The summed E-state index contributed by atoms with van der Waals surface area (Å²) in [7, 11) is -0.532. The first kappa shape index (κ1) is 48.5. The Labute approximate surface area is 362 Å². The van der Waals surface area contributed by atoms with Crippen LogP contribution < -0.4 is 20.7 Å². The molecule has 0 unspecified atom stereocenters. The largest absolute Gasteiger partial charge is 0.489 e. The normalized spacial score (nSPS) is 16.6. The summed E-state index contributed by atoms with van der Waals surface area (Å²) in [5.74, 6) is -0.193. The number of nitrogens with one attached hydrogen (secondary N) is 3. The smallest absolute Gasteiger partial charge is 0.407 e. The Morgan fingerprint density at radius 2 is 1.37 bits per heavy atom. The van der Waals surface area contributed by atoms with E-state index in [-0.39, 0.29) is 22.8 Å². The Morgan fingerprint density at radius 1 is 0.800 bits per heavy atom. The molecule has 1 fully saturated rings. The van der Waals surface area contributed by atoms with E-state index in [0.29, 0.717) is 45.0 Å². The van der Waals surface area contributed by atoms with Crippen molar-refractivity contribution < 1.29 is 28.3 Å². The van der Waals surface area contributed by atoms with E-state index in [1.54, 1.807) is 0 Å². The summed E-state index contributed by atoms with van der Waals surface area (Å²) in [5.41, 5.74) is 2.34. The van der Waals surface area contributed by atoms with Crippen molar-refractivity contribution in [3.05, 3.63) is 102 Å². The van der Waals surface area contributed by atoms with Gasteiger partial charge in [-0.15, -0.1) is 0 Å². The van der Waals surface area contributed by atoms with Gasteiger partial charge in [-0.25, -0.2) is 4.79 Å². The van der Waals surface area contributed by atoms with Crippen LogP contribution in [0, 0.1) is 11.8 Å². The number of amides is 3. The van der Waals surface area contributed by atoms with Crippen molar-refractivity contribution in [2.45, 2.75) is 148 Å². The van der Waals surface area contributed by atoms with Gasteiger partial charge in [0.25, 0.3) is 0 Å². The second-order valence-corrected chi connectivity index (χ2v) is 23.9. The van der Waals surface area contributed by atoms with Crippen molar-refractivity contribution in [2.24, 2.45) is 11.8 Å². The second-order valence-electron chi connectivity index (χ2n) is 19.2. The van der Waals surface area contributed by atoms with Gasteiger partial charge in [-0.05, 0) is 113 Å². The maximum Gasteiger partial charge on any atom is 0.407 e. The van der Waals surface area contributed by atoms with Crippen LogP contribution in [0.1, 0.15) is 97.8 Å². The maximum atomic E-state index is 15.0. The Morgan fingerprint density at radius 3 is 1.90 bits per heavy atom. The molecule has 0 aromatic heterocycles. The average molecular weight is 843 g/mol. The van der Waals surface area contributed by atoms with E-state index < -0.39 is 44.1 Å². The third kappa shape index (κ3) is 15.1. The number of nitrogens with zero attached hydrogens (tertiary/aromatic N) is 1. The number of piperidine rings is 1. The van der Waals surface area contributed by atoms with Gasteiger partial charge < -0.3 is 34.8 Å². The lowest BCUT2D eigenvalue weighted by Crippen LogP contribution is -2.57. The number of ether oxygens (including phenoxy) is 2. The Kier molecular flexibility index (Phi) is 17.8. The number of carbonyl (C=O) groups is 3. The van der Waals surface area contributed by atoms with E-state index in [2.05, 4.69) is 56.7 Å². The second kappa shape index (κ2) is 22.1. The highest BCUT2D eigenvalue weighted by atomic mass is 28.4. The first-order chi connectivity index (χ1) is 28.3. The lowest BCUT2D eigenvalue weighted by molar-refractivity contribution is -0.140. The van der Waals surface area contributed by atoms with Crippen molar-refractivity contribution in [1.29, 1.82) is 0 Å². The number of rotatable bonds is 19. The predicted molar refractivity (Wildman–Crippen MR) is 244 cm³/mol. The van der Waals surface area contributed by atoms with Gasteiger partial charge in [-0.3, -0.25) is 9.59 Å². The van der Waals surface area contributed by atoms with Crippen LogP contribution in [0.4, 0.5) is 4.79 Å². The zero-order valence-corrected chi connectivity index (χ0v) is 39.3. The van der Waals surface area contributed by atoms with Gasteiger partial charge in [0.1, 0.15) is 24.0 Å². The molecule has 3 aromatic carbocycles. The van der Waals surface area contributed by atoms with Crippen molar-refractivity contribution in [3.63, 3.8) is 0 Å².